The molecule has 1 atom stereocenters. The standard InChI is InChI=1S/C12H16O3/c1-11(2,3)10-8-14-12(15-10)6-4-9(13)5-7-12/h4-7,10H,8H2,1-3H3. The molecule has 0 bridgehead atoms. The SMILES string of the molecule is CC(C)(C)C1COC2(C=CC(=O)C=C2)O1. The lowest BCUT2D eigenvalue weighted by atomic mass is 9.90. The topological polar surface area (TPSA) is 35.5 Å². The molecule has 0 saturated carbocycles. The molecule has 1 fully saturated rings. The number of carbonyl (C=O) groups excluding carboxylic acids is 1. The highest BCUT2D eigenvalue weighted by Gasteiger charge is 2.43. The summed E-state index contributed by atoms with van der Waals surface area (Å²) in [7, 11) is 0. The van der Waals surface area contributed by atoms with Crippen LogP contribution in [0.15, 0.2) is 24.3 Å². The van der Waals surface area contributed by atoms with E-state index in [1.165, 1.54) is 12.2 Å². The summed E-state index contributed by atoms with van der Waals surface area (Å²) in [5.41, 5.74) is 0.0483. The highest BCUT2D eigenvalue weighted by atomic mass is 16.7. The Morgan fingerprint density at radius 2 is 1.93 bits per heavy atom. The van der Waals surface area contributed by atoms with E-state index in [4.69, 9.17) is 9.47 Å². The van der Waals surface area contributed by atoms with Crippen LogP contribution in [0, 0.1) is 5.41 Å². The molecule has 0 radical (unpaired) electrons. The minimum absolute atomic E-state index is 0.0213. The molecule has 82 valence electrons. The molecule has 2 rings (SSSR count). The lowest BCUT2D eigenvalue weighted by Crippen LogP contribution is -2.32. The molecule has 1 saturated heterocycles. The second kappa shape index (κ2) is 3.29. The van der Waals surface area contributed by atoms with Gasteiger partial charge in [-0.2, -0.15) is 0 Å². The van der Waals surface area contributed by atoms with Crippen LogP contribution in [0.25, 0.3) is 0 Å². The van der Waals surface area contributed by atoms with Crippen molar-refractivity contribution in [3.63, 3.8) is 0 Å². The van der Waals surface area contributed by atoms with Crippen molar-refractivity contribution in [2.45, 2.75) is 32.7 Å². The van der Waals surface area contributed by atoms with Crippen molar-refractivity contribution in [3.8, 4) is 0 Å². The molecule has 3 heteroatoms. The second-order valence-corrected chi connectivity index (χ2v) is 5.07. The monoisotopic (exact) mass is 208 g/mol. The first-order valence-electron chi connectivity index (χ1n) is 5.16. The summed E-state index contributed by atoms with van der Waals surface area (Å²) in [6.45, 7) is 6.90. The van der Waals surface area contributed by atoms with Crippen LogP contribution in [-0.4, -0.2) is 24.3 Å². The van der Waals surface area contributed by atoms with Gasteiger partial charge in [-0.05, 0) is 29.7 Å². The largest absolute Gasteiger partial charge is 0.340 e. The van der Waals surface area contributed by atoms with Gasteiger partial charge >= 0.3 is 0 Å². The fraction of sp³-hybridized carbons (Fsp3) is 0.583. The Hall–Kier alpha value is -0.930. The second-order valence-electron chi connectivity index (χ2n) is 5.07. The third kappa shape index (κ3) is 2.03. The average Bonchev–Trinajstić information content (AvgIpc) is 2.55. The number of rotatable bonds is 0. The normalized spacial score (nSPS) is 29.0. The van der Waals surface area contributed by atoms with Crippen LogP contribution in [0.2, 0.25) is 0 Å². The maximum Gasteiger partial charge on any atom is 0.209 e. The first-order valence-corrected chi connectivity index (χ1v) is 5.16. The molecular formula is C12H16O3. The summed E-state index contributed by atoms with van der Waals surface area (Å²) in [5.74, 6) is -0.821. The minimum Gasteiger partial charge on any atom is -0.340 e. The molecule has 0 aromatic carbocycles. The van der Waals surface area contributed by atoms with E-state index in [9.17, 15) is 4.79 Å². The molecular weight excluding hydrogens is 192 g/mol. The van der Waals surface area contributed by atoms with Gasteiger partial charge in [-0.25, -0.2) is 0 Å². The van der Waals surface area contributed by atoms with E-state index < -0.39 is 5.79 Å². The van der Waals surface area contributed by atoms with E-state index >= 15 is 0 Å². The Morgan fingerprint density at radius 1 is 1.33 bits per heavy atom. The predicted molar refractivity (Wildman–Crippen MR) is 56.3 cm³/mol. The molecule has 0 N–H and O–H groups in total. The number of ketones is 1. The Bertz CT molecular complexity index is 317. The van der Waals surface area contributed by atoms with Crippen molar-refractivity contribution in [1.29, 1.82) is 0 Å². The highest BCUT2D eigenvalue weighted by Crippen LogP contribution is 2.36. The number of hydrogen-bond acceptors (Lipinski definition) is 3. The van der Waals surface area contributed by atoms with Gasteiger partial charge in [0, 0.05) is 0 Å². The minimum atomic E-state index is -0.800. The van der Waals surface area contributed by atoms with Crippen molar-refractivity contribution in [2.75, 3.05) is 6.61 Å². The highest BCUT2D eigenvalue weighted by molar-refractivity contribution is 6.00. The Labute approximate surface area is 89.8 Å². The molecule has 1 aliphatic carbocycles. The van der Waals surface area contributed by atoms with Gasteiger partial charge in [0.1, 0.15) is 0 Å². The summed E-state index contributed by atoms with van der Waals surface area (Å²) in [5, 5.41) is 0. The lowest BCUT2D eigenvalue weighted by molar-refractivity contribution is -0.116. The predicted octanol–water partition coefficient (Wildman–Crippen LogP) is 1.84. The van der Waals surface area contributed by atoms with Crippen molar-refractivity contribution in [3.05, 3.63) is 24.3 Å². The van der Waals surface area contributed by atoms with Crippen LogP contribution in [0.5, 0.6) is 0 Å². The zero-order chi connectivity index (χ0) is 11.1. The maximum absolute atomic E-state index is 11.0. The van der Waals surface area contributed by atoms with E-state index in [2.05, 4.69) is 20.8 Å². The van der Waals surface area contributed by atoms with E-state index in [0.29, 0.717) is 6.61 Å². The smallest absolute Gasteiger partial charge is 0.209 e. The van der Waals surface area contributed by atoms with Gasteiger partial charge < -0.3 is 9.47 Å². The summed E-state index contributed by atoms with van der Waals surface area (Å²) in [6.07, 6.45) is 6.40. The van der Waals surface area contributed by atoms with Gasteiger partial charge in [0.05, 0.1) is 12.7 Å². The molecule has 3 nitrogen and oxygen atoms in total. The summed E-state index contributed by atoms with van der Waals surface area (Å²) >= 11 is 0. The van der Waals surface area contributed by atoms with Crippen molar-refractivity contribution in [1.82, 2.24) is 0 Å². The zero-order valence-corrected chi connectivity index (χ0v) is 9.32. The van der Waals surface area contributed by atoms with E-state index in [1.807, 2.05) is 0 Å². The van der Waals surface area contributed by atoms with Crippen molar-refractivity contribution < 1.29 is 14.3 Å². The van der Waals surface area contributed by atoms with Crippen LogP contribution < -0.4 is 0 Å². The third-order valence-corrected chi connectivity index (χ3v) is 2.71. The quantitative estimate of drug-likeness (QED) is 0.609. The molecule has 2 aliphatic rings. The first-order chi connectivity index (χ1) is 6.91. The first kappa shape index (κ1) is 10.6. The van der Waals surface area contributed by atoms with Gasteiger partial charge in [0.2, 0.25) is 5.79 Å². The van der Waals surface area contributed by atoms with Crippen molar-refractivity contribution in [2.24, 2.45) is 5.41 Å². The summed E-state index contributed by atoms with van der Waals surface area (Å²) < 4.78 is 11.5. The molecule has 1 spiro atoms. The molecule has 0 aromatic rings. The van der Waals surface area contributed by atoms with Gasteiger partial charge in [0.15, 0.2) is 5.78 Å². The Kier molecular flexibility index (Phi) is 2.32. The van der Waals surface area contributed by atoms with Crippen LogP contribution in [-0.2, 0) is 14.3 Å². The summed E-state index contributed by atoms with van der Waals surface area (Å²) in [6, 6.07) is 0. The Morgan fingerprint density at radius 3 is 2.40 bits per heavy atom. The fourth-order valence-electron chi connectivity index (χ4n) is 1.61. The van der Waals surface area contributed by atoms with Crippen LogP contribution in [0.1, 0.15) is 20.8 Å². The van der Waals surface area contributed by atoms with Crippen LogP contribution in [0.3, 0.4) is 0 Å². The number of hydrogen-bond donors (Lipinski definition) is 0. The van der Waals surface area contributed by atoms with E-state index in [0.717, 1.165) is 0 Å². The zero-order valence-electron chi connectivity index (χ0n) is 9.32. The third-order valence-electron chi connectivity index (χ3n) is 2.71. The van der Waals surface area contributed by atoms with Gasteiger partial charge in [-0.3, -0.25) is 4.79 Å². The number of ether oxygens (including phenoxy) is 2. The molecule has 1 aliphatic heterocycles. The average molecular weight is 208 g/mol. The summed E-state index contributed by atoms with van der Waals surface area (Å²) in [4.78, 5) is 11.0. The molecule has 1 heterocycles. The fourth-order valence-corrected chi connectivity index (χ4v) is 1.61. The number of allylic oxidation sites excluding steroid dienone is 2. The van der Waals surface area contributed by atoms with Gasteiger partial charge in [0.25, 0.3) is 0 Å². The maximum atomic E-state index is 11.0. The van der Waals surface area contributed by atoms with Crippen LogP contribution in [0.4, 0.5) is 0 Å². The molecule has 0 aromatic heterocycles. The molecule has 15 heavy (non-hydrogen) atoms. The molecule has 1 unspecified atom stereocenters. The van der Waals surface area contributed by atoms with Gasteiger partial charge in [-0.1, -0.05) is 20.8 Å². The van der Waals surface area contributed by atoms with E-state index in [1.54, 1.807) is 12.2 Å². The number of carbonyl (C=O) groups is 1. The Balaban J connectivity index is 2.13. The molecule has 0 amide bonds. The van der Waals surface area contributed by atoms with Gasteiger partial charge in [-0.15, -0.1) is 0 Å². The van der Waals surface area contributed by atoms with Crippen LogP contribution >= 0.6 is 0 Å². The van der Waals surface area contributed by atoms with E-state index in [-0.39, 0.29) is 17.3 Å². The van der Waals surface area contributed by atoms with Crippen molar-refractivity contribution >= 4 is 5.78 Å². The lowest BCUT2D eigenvalue weighted by Gasteiger charge is -2.28.